The maximum Gasteiger partial charge on any atom is 0.331 e. The van der Waals surface area contributed by atoms with Crippen molar-refractivity contribution in [2.24, 2.45) is 0 Å². The second kappa shape index (κ2) is 3.42. The van der Waals surface area contributed by atoms with Crippen LogP contribution in [0.15, 0.2) is 28.1 Å². The van der Waals surface area contributed by atoms with Crippen molar-refractivity contribution in [3.63, 3.8) is 0 Å². The lowest BCUT2D eigenvalue weighted by atomic mass is 10.3. The quantitative estimate of drug-likeness (QED) is 0.737. The van der Waals surface area contributed by atoms with Crippen LogP contribution in [0.1, 0.15) is 24.6 Å². The Labute approximate surface area is 86.0 Å². The summed E-state index contributed by atoms with van der Waals surface area (Å²) in [4.78, 5) is 24.9. The van der Waals surface area contributed by atoms with E-state index in [1.807, 2.05) is 0 Å². The van der Waals surface area contributed by atoms with Crippen LogP contribution in [0.3, 0.4) is 0 Å². The van der Waals surface area contributed by atoms with Gasteiger partial charge in [-0.05, 0) is 6.92 Å². The van der Waals surface area contributed by atoms with Gasteiger partial charge in [-0.2, -0.15) is 0 Å². The molecular weight excluding hydrogens is 196 g/mol. The van der Waals surface area contributed by atoms with Crippen molar-refractivity contribution >= 4 is 0 Å². The van der Waals surface area contributed by atoms with Gasteiger partial charge in [0.25, 0.3) is 5.56 Å². The van der Waals surface area contributed by atoms with E-state index in [0.717, 1.165) is 6.42 Å². The number of aryl methyl sites for hydroxylation is 1. The largest absolute Gasteiger partial charge is 0.475 e. The van der Waals surface area contributed by atoms with Crippen LogP contribution in [-0.4, -0.2) is 9.55 Å². The fourth-order valence-electron chi connectivity index (χ4n) is 1.59. The summed E-state index contributed by atoms with van der Waals surface area (Å²) in [5, 5.41) is 0. The first-order valence-electron chi connectivity index (χ1n) is 4.74. The number of rotatable bonds is 1. The molecule has 0 saturated carbocycles. The fraction of sp³-hybridized carbons (Fsp3) is 0.400. The van der Waals surface area contributed by atoms with Crippen molar-refractivity contribution in [2.45, 2.75) is 26.0 Å². The van der Waals surface area contributed by atoms with Crippen molar-refractivity contribution in [3.05, 3.63) is 44.9 Å². The van der Waals surface area contributed by atoms with Crippen molar-refractivity contribution in [2.75, 3.05) is 0 Å². The molecule has 1 aromatic rings. The molecule has 0 unspecified atom stereocenters. The summed E-state index contributed by atoms with van der Waals surface area (Å²) in [6, 6.07) is 0. The summed E-state index contributed by atoms with van der Waals surface area (Å²) in [5.74, 6) is 0.677. The molecule has 2 rings (SSSR count). The Morgan fingerprint density at radius 3 is 2.93 bits per heavy atom. The summed E-state index contributed by atoms with van der Waals surface area (Å²) in [6.45, 7) is 5.34. The lowest BCUT2D eigenvalue weighted by Gasteiger charge is -2.13. The van der Waals surface area contributed by atoms with E-state index in [0.29, 0.717) is 17.7 Å². The number of hydrogen-bond acceptors (Lipinski definition) is 3. The third-order valence-corrected chi connectivity index (χ3v) is 2.43. The molecule has 0 radical (unpaired) electrons. The third kappa shape index (κ3) is 1.72. The van der Waals surface area contributed by atoms with Gasteiger partial charge < -0.3 is 4.74 Å². The minimum atomic E-state index is -0.440. The number of aromatic amines is 1. The number of aromatic nitrogens is 2. The molecule has 1 atom stereocenters. The molecular formula is C10H12N2O3. The summed E-state index contributed by atoms with van der Waals surface area (Å²) in [5.41, 5.74) is -0.297. The molecule has 1 aliphatic heterocycles. The number of nitrogens with one attached hydrogen (secondary N) is 1. The number of hydrogen-bond donors (Lipinski definition) is 1. The normalized spacial score (nSPS) is 20.3. The van der Waals surface area contributed by atoms with Gasteiger partial charge in [-0.15, -0.1) is 0 Å². The van der Waals surface area contributed by atoms with Crippen LogP contribution < -0.4 is 11.2 Å². The Kier molecular flexibility index (Phi) is 2.22. The molecule has 1 saturated heterocycles. The number of ether oxygens (including phenoxy) is 1. The Morgan fingerprint density at radius 2 is 2.33 bits per heavy atom. The van der Waals surface area contributed by atoms with Gasteiger partial charge in [0.2, 0.25) is 0 Å². The van der Waals surface area contributed by atoms with Gasteiger partial charge in [0, 0.05) is 24.6 Å². The third-order valence-electron chi connectivity index (χ3n) is 2.43. The number of nitrogens with zero attached hydrogens (tertiary/aromatic N) is 1. The van der Waals surface area contributed by atoms with Gasteiger partial charge in [-0.25, -0.2) is 4.79 Å². The Hall–Kier alpha value is -1.78. The Morgan fingerprint density at radius 1 is 1.60 bits per heavy atom. The molecule has 2 heterocycles. The second-order valence-corrected chi connectivity index (χ2v) is 3.63. The van der Waals surface area contributed by atoms with E-state index in [-0.39, 0.29) is 11.8 Å². The van der Waals surface area contributed by atoms with Crippen molar-refractivity contribution in [1.29, 1.82) is 0 Å². The van der Waals surface area contributed by atoms with Crippen LogP contribution in [0, 0.1) is 6.92 Å². The van der Waals surface area contributed by atoms with Gasteiger partial charge >= 0.3 is 5.69 Å². The van der Waals surface area contributed by atoms with Gasteiger partial charge in [0.15, 0.2) is 6.23 Å². The van der Waals surface area contributed by atoms with Gasteiger partial charge in [0.1, 0.15) is 0 Å². The lowest BCUT2D eigenvalue weighted by molar-refractivity contribution is 0.0936. The van der Waals surface area contributed by atoms with Crippen LogP contribution in [0.25, 0.3) is 0 Å². The van der Waals surface area contributed by atoms with Crippen LogP contribution in [-0.2, 0) is 4.74 Å². The predicted molar refractivity (Wildman–Crippen MR) is 54.6 cm³/mol. The zero-order chi connectivity index (χ0) is 11.0. The first-order valence-corrected chi connectivity index (χ1v) is 4.74. The number of allylic oxidation sites excluding steroid dienone is 1. The maximum absolute atomic E-state index is 11.5. The molecule has 1 aromatic heterocycles. The summed E-state index contributed by atoms with van der Waals surface area (Å²) in [6.07, 6.45) is 2.64. The minimum absolute atomic E-state index is 0.333. The zero-order valence-electron chi connectivity index (χ0n) is 8.45. The topological polar surface area (TPSA) is 64.1 Å². The van der Waals surface area contributed by atoms with E-state index in [9.17, 15) is 9.59 Å². The summed E-state index contributed by atoms with van der Waals surface area (Å²) < 4.78 is 6.77. The molecule has 1 aliphatic rings. The standard InChI is InChI=1S/C10H12N2O3/c1-6-5-12(10(14)11-9(6)13)8-4-3-7(2)15-8/h5,8H,2-4H2,1H3,(H,11,13,14)/t8-/m1/s1. The first-order chi connectivity index (χ1) is 7.08. The maximum atomic E-state index is 11.5. The summed E-state index contributed by atoms with van der Waals surface area (Å²) >= 11 is 0. The molecule has 1 N–H and O–H groups in total. The molecule has 15 heavy (non-hydrogen) atoms. The highest BCUT2D eigenvalue weighted by Gasteiger charge is 2.22. The molecule has 0 aromatic carbocycles. The second-order valence-electron chi connectivity index (χ2n) is 3.63. The molecule has 5 nitrogen and oxygen atoms in total. The fourth-order valence-corrected chi connectivity index (χ4v) is 1.59. The highest BCUT2D eigenvalue weighted by Crippen LogP contribution is 2.28. The minimum Gasteiger partial charge on any atom is -0.475 e. The van der Waals surface area contributed by atoms with Gasteiger partial charge in [-0.1, -0.05) is 6.58 Å². The smallest absolute Gasteiger partial charge is 0.331 e. The molecule has 0 amide bonds. The van der Waals surface area contributed by atoms with E-state index in [1.54, 1.807) is 6.92 Å². The summed E-state index contributed by atoms with van der Waals surface area (Å²) in [7, 11) is 0. The Bertz CT molecular complexity index is 512. The lowest BCUT2D eigenvalue weighted by Crippen LogP contribution is -2.33. The van der Waals surface area contributed by atoms with E-state index in [1.165, 1.54) is 10.8 Å². The first kappa shape index (κ1) is 9.76. The molecule has 5 heteroatoms. The van der Waals surface area contributed by atoms with Crippen molar-refractivity contribution < 1.29 is 4.74 Å². The van der Waals surface area contributed by atoms with Crippen LogP contribution in [0.5, 0.6) is 0 Å². The van der Waals surface area contributed by atoms with Crippen LogP contribution in [0.4, 0.5) is 0 Å². The highest BCUT2D eigenvalue weighted by atomic mass is 16.5. The molecule has 80 valence electrons. The van der Waals surface area contributed by atoms with Crippen LogP contribution >= 0.6 is 0 Å². The highest BCUT2D eigenvalue weighted by molar-refractivity contribution is 5.02. The van der Waals surface area contributed by atoms with Gasteiger partial charge in [0.05, 0.1) is 5.76 Å². The van der Waals surface area contributed by atoms with E-state index in [4.69, 9.17) is 4.74 Å². The Balaban J connectivity index is 2.45. The monoisotopic (exact) mass is 208 g/mol. The van der Waals surface area contributed by atoms with E-state index in [2.05, 4.69) is 11.6 Å². The average molecular weight is 208 g/mol. The van der Waals surface area contributed by atoms with Crippen molar-refractivity contribution in [1.82, 2.24) is 9.55 Å². The van der Waals surface area contributed by atoms with Crippen LogP contribution in [0.2, 0.25) is 0 Å². The SMILES string of the molecule is C=C1CC[C@H](n2cc(C)c(=O)[nH]c2=O)O1. The predicted octanol–water partition coefficient (Wildman–Crippen LogP) is 0.668. The molecule has 0 aliphatic carbocycles. The van der Waals surface area contributed by atoms with Gasteiger partial charge in [-0.3, -0.25) is 14.3 Å². The molecule has 0 spiro atoms. The van der Waals surface area contributed by atoms with E-state index < -0.39 is 5.69 Å². The molecule has 0 bridgehead atoms. The average Bonchev–Trinajstić information content (AvgIpc) is 2.58. The van der Waals surface area contributed by atoms with Crippen molar-refractivity contribution in [3.8, 4) is 0 Å². The molecule has 1 fully saturated rings. The zero-order valence-corrected chi connectivity index (χ0v) is 8.45. The van der Waals surface area contributed by atoms with E-state index >= 15 is 0 Å². The number of H-pyrrole nitrogens is 1.